The lowest BCUT2D eigenvalue weighted by atomic mass is 10.2. The predicted octanol–water partition coefficient (Wildman–Crippen LogP) is 3.17. The summed E-state index contributed by atoms with van der Waals surface area (Å²) in [7, 11) is -1.95. The molecule has 0 aliphatic heterocycles. The SMILES string of the molecule is Cc1ccc(Br)cc1S(=O)(=O)N(C)Cc1ccoc1. The molecule has 0 unspecified atom stereocenters. The maximum atomic E-state index is 12.5. The van der Waals surface area contributed by atoms with Crippen molar-refractivity contribution < 1.29 is 12.8 Å². The molecule has 0 atom stereocenters. The molecule has 0 bridgehead atoms. The number of nitrogens with zero attached hydrogens (tertiary/aromatic N) is 1. The fraction of sp³-hybridized carbons (Fsp3) is 0.231. The zero-order valence-electron chi connectivity index (χ0n) is 10.6. The average molecular weight is 344 g/mol. The minimum absolute atomic E-state index is 0.283. The summed E-state index contributed by atoms with van der Waals surface area (Å²) >= 11 is 3.30. The number of rotatable bonds is 4. The van der Waals surface area contributed by atoms with Crippen molar-refractivity contribution in [2.75, 3.05) is 7.05 Å². The molecular weight excluding hydrogens is 330 g/mol. The number of hydrogen-bond acceptors (Lipinski definition) is 3. The lowest BCUT2D eigenvalue weighted by molar-refractivity contribution is 0.463. The van der Waals surface area contributed by atoms with Crippen LogP contribution in [0.5, 0.6) is 0 Å². The topological polar surface area (TPSA) is 50.5 Å². The van der Waals surface area contributed by atoms with Gasteiger partial charge in [-0.25, -0.2) is 8.42 Å². The largest absolute Gasteiger partial charge is 0.472 e. The molecule has 0 saturated heterocycles. The van der Waals surface area contributed by atoms with Gasteiger partial charge in [-0.2, -0.15) is 4.31 Å². The van der Waals surface area contributed by atoms with Crippen LogP contribution in [0, 0.1) is 6.92 Å². The Morgan fingerprint density at radius 2 is 2.05 bits per heavy atom. The maximum absolute atomic E-state index is 12.5. The van der Waals surface area contributed by atoms with Crippen LogP contribution in [0.1, 0.15) is 11.1 Å². The Kier molecular flexibility index (Phi) is 4.13. The molecule has 0 aliphatic rings. The molecule has 1 heterocycles. The van der Waals surface area contributed by atoms with Gasteiger partial charge in [-0.3, -0.25) is 0 Å². The fourth-order valence-electron chi connectivity index (χ4n) is 1.74. The zero-order chi connectivity index (χ0) is 14.0. The van der Waals surface area contributed by atoms with Crippen LogP contribution in [0.25, 0.3) is 0 Å². The molecule has 1 aromatic carbocycles. The van der Waals surface area contributed by atoms with E-state index in [-0.39, 0.29) is 6.54 Å². The van der Waals surface area contributed by atoms with Gasteiger partial charge in [0.1, 0.15) is 0 Å². The molecular formula is C13H14BrNO3S. The molecule has 4 nitrogen and oxygen atoms in total. The smallest absolute Gasteiger partial charge is 0.243 e. The van der Waals surface area contributed by atoms with E-state index >= 15 is 0 Å². The molecule has 2 aromatic rings. The quantitative estimate of drug-likeness (QED) is 0.856. The maximum Gasteiger partial charge on any atom is 0.243 e. The van der Waals surface area contributed by atoms with Gasteiger partial charge in [0, 0.05) is 23.6 Å². The van der Waals surface area contributed by atoms with Crippen LogP contribution in [0.15, 0.2) is 50.6 Å². The van der Waals surface area contributed by atoms with Crippen molar-refractivity contribution in [3.63, 3.8) is 0 Å². The van der Waals surface area contributed by atoms with Crippen LogP contribution in [0.3, 0.4) is 0 Å². The van der Waals surface area contributed by atoms with Gasteiger partial charge < -0.3 is 4.42 Å². The second-order valence-corrected chi connectivity index (χ2v) is 7.23. The number of aryl methyl sites for hydroxylation is 1. The van der Waals surface area contributed by atoms with Gasteiger partial charge >= 0.3 is 0 Å². The Balaban J connectivity index is 2.33. The first-order chi connectivity index (χ1) is 8.91. The number of benzene rings is 1. The second-order valence-electron chi connectivity index (χ2n) is 4.30. The molecule has 2 rings (SSSR count). The summed E-state index contributed by atoms with van der Waals surface area (Å²) in [6.45, 7) is 2.07. The molecule has 0 amide bonds. The molecule has 0 saturated carbocycles. The van der Waals surface area contributed by atoms with Crippen LogP contribution >= 0.6 is 15.9 Å². The third-order valence-corrected chi connectivity index (χ3v) is 5.26. The third-order valence-electron chi connectivity index (χ3n) is 2.82. The Labute approximate surface area is 121 Å². The molecule has 0 aliphatic carbocycles. The minimum Gasteiger partial charge on any atom is -0.472 e. The summed E-state index contributed by atoms with van der Waals surface area (Å²) in [5.41, 5.74) is 1.54. The van der Waals surface area contributed by atoms with Crippen molar-refractivity contribution in [1.29, 1.82) is 0 Å². The highest BCUT2D eigenvalue weighted by Crippen LogP contribution is 2.24. The Bertz CT molecular complexity index is 665. The highest BCUT2D eigenvalue weighted by molar-refractivity contribution is 9.10. The van der Waals surface area contributed by atoms with Gasteiger partial charge in [-0.05, 0) is 30.7 Å². The third kappa shape index (κ3) is 3.08. The van der Waals surface area contributed by atoms with Gasteiger partial charge in [0.2, 0.25) is 10.0 Å². The summed E-state index contributed by atoms with van der Waals surface area (Å²) < 4.78 is 32.0. The number of furan rings is 1. The van der Waals surface area contributed by atoms with Crippen LogP contribution in [0.4, 0.5) is 0 Å². The summed E-state index contributed by atoms with van der Waals surface area (Å²) in [6, 6.07) is 6.98. The van der Waals surface area contributed by atoms with E-state index in [1.807, 2.05) is 6.07 Å². The van der Waals surface area contributed by atoms with E-state index in [4.69, 9.17) is 4.42 Å². The molecule has 102 valence electrons. The van der Waals surface area contributed by atoms with E-state index in [2.05, 4.69) is 15.9 Å². The lowest BCUT2D eigenvalue weighted by Gasteiger charge is -2.18. The normalized spacial score (nSPS) is 12.0. The van der Waals surface area contributed by atoms with E-state index in [1.54, 1.807) is 38.4 Å². The summed E-state index contributed by atoms with van der Waals surface area (Å²) in [6.07, 6.45) is 3.07. The first kappa shape index (κ1) is 14.3. The molecule has 19 heavy (non-hydrogen) atoms. The molecule has 0 fully saturated rings. The number of sulfonamides is 1. The van der Waals surface area contributed by atoms with Crippen LogP contribution < -0.4 is 0 Å². The van der Waals surface area contributed by atoms with Gasteiger partial charge in [-0.1, -0.05) is 22.0 Å². The Hall–Kier alpha value is -1.11. The first-order valence-corrected chi connectivity index (χ1v) is 7.88. The summed E-state index contributed by atoms with van der Waals surface area (Å²) in [5.74, 6) is 0. The zero-order valence-corrected chi connectivity index (χ0v) is 13.0. The van der Waals surface area contributed by atoms with Crippen molar-refractivity contribution in [2.24, 2.45) is 0 Å². The fourth-order valence-corrected chi connectivity index (χ4v) is 3.66. The van der Waals surface area contributed by atoms with Crippen molar-refractivity contribution in [2.45, 2.75) is 18.4 Å². The van der Waals surface area contributed by atoms with Crippen LogP contribution in [0.2, 0.25) is 0 Å². The molecule has 0 spiro atoms. The monoisotopic (exact) mass is 343 g/mol. The standard InChI is InChI=1S/C13H14BrNO3S/c1-10-3-4-12(14)7-13(10)19(16,17)15(2)8-11-5-6-18-9-11/h3-7,9H,8H2,1-2H3. The lowest BCUT2D eigenvalue weighted by Crippen LogP contribution is -2.27. The Morgan fingerprint density at radius 1 is 1.32 bits per heavy atom. The van der Waals surface area contributed by atoms with Crippen molar-refractivity contribution in [3.8, 4) is 0 Å². The van der Waals surface area contributed by atoms with Crippen molar-refractivity contribution in [1.82, 2.24) is 4.31 Å². The van der Waals surface area contributed by atoms with Gasteiger partial charge in [-0.15, -0.1) is 0 Å². The summed E-state index contributed by atoms with van der Waals surface area (Å²) in [4.78, 5) is 0.313. The highest BCUT2D eigenvalue weighted by Gasteiger charge is 2.23. The Morgan fingerprint density at radius 3 is 2.68 bits per heavy atom. The van der Waals surface area contributed by atoms with Crippen LogP contribution in [-0.4, -0.2) is 19.8 Å². The average Bonchev–Trinajstić information content (AvgIpc) is 2.85. The molecule has 0 N–H and O–H groups in total. The predicted molar refractivity (Wildman–Crippen MR) is 76.2 cm³/mol. The van der Waals surface area contributed by atoms with Gasteiger partial charge in [0.05, 0.1) is 17.4 Å². The highest BCUT2D eigenvalue weighted by atomic mass is 79.9. The summed E-state index contributed by atoms with van der Waals surface area (Å²) in [5, 5.41) is 0. The van der Waals surface area contributed by atoms with Crippen molar-refractivity contribution in [3.05, 3.63) is 52.4 Å². The minimum atomic E-state index is -3.51. The van der Waals surface area contributed by atoms with E-state index in [9.17, 15) is 8.42 Å². The van der Waals surface area contributed by atoms with E-state index in [0.717, 1.165) is 15.6 Å². The van der Waals surface area contributed by atoms with E-state index < -0.39 is 10.0 Å². The number of halogens is 1. The first-order valence-electron chi connectivity index (χ1n) is 5.65. The van der Waals surface area contributed by atoms with E-state index in [1.165, 1.54) is 10.6 Å². The molecule has 6 heteroatoms. The van der Waals surface area contributed by atoms with Gasteiger partial charge in [0.15, 0.2) is 0 Å². The van der Waals surface area contributed by atoms with Crippen molar-refractivity contribution >= 4 is 26.0 Å². The number of hydrogen-bond donors (Lipinski definition) is 0. The molecule has 1 aromatic heterocycles. The van der Waals surface area contributed by atoms with E-state index in [0.29, 0.717) is 4.90 Å². The molecule has 0 radical (unpaired) electrons. The second kappa shape index (κ2) is 5.48. The van der Waals surface area contributed by atoms with Gasteiger partial charge in [0.25, 0.3) is 0 Å². The van der Waals surface area contributed by atoms with Crippen LogP contribution in [-0.2, 0) is 16.6 Å².